The highest BCUT2D eigenvalue weighted by Gasteiger charge is 2.51. The van der Waals surface area contributed by atoms with E-state index in [4.69, 9.17) is 18.9 Å². The molecule has 2 aliphatic heterocycles. The average molecular weight is 846 g/mol. The lowest BCUT2D eigenvalue weighted by molar-refractivity contribution is -0.359. The van der Waals surface area contributed by atoms with Gasteiger partial charge in [0.25, 0.3) is 0 Å². The van der Waals surface area contributed by atoms with Gasteiger partial charge in [-0.3, -0.25) is 4.79 Å². The van der Waals surface area contributed by atoms with Crippen LogP contribution in [0.2, 0.25) is 0 Å². The standard InChI is InChI=1S/C45H83NO13/c1-3-5-7-9-11-13-14-15-16-17-18-19-20-21-23-25-27-29-37(50)46-33(34(49)28-26-24-22-12-10-8-6-4-2)32-56-44-42(55)40(53)43(36(31-48)58-44)59-45-41(54)39(52)38(51)35(30-47)57-45/h11,13,15-16,33-36,38-45,47-49,51-55H,3-10,12,14,17-32H2,1-2H3,(H,46,50)/b13-11-,16-15-. The van der Waals surface area contributed by atoms with Gasteiger partial charge in [-0.25, -0.2) is 0 Å². The van der Waals surface area contributed by atoms with E-state index in [2.05, 4.69) is 43.5 Å². The smallest absolute Gasteiger partial charge is 0.220 e. The lowest BCUT2D eigenvalue weighted by atomic mass is 9.97. The monoisotopic (exact) mass is 846 g/mol. The van der Waals surface area contributed by atoms with Crippen molar-refractivity contribution in [2.75, 3.05) is 19.8 Å². The first kappa shape index (κ1) is 53.6. The summed E-state index contributed by atoms with van der Waals surface area (Å²) in [5.74, 6) is -0.220. The number of hydrogen-bond acceptors (Lipinski definition) is 13. The molecule has 14 heteroatoms. The fourth-order valence-electron chi connectivity index (χ4n) is 7.56. The van der Waals surface area contributed by atoms with E-state index in [0.717, 1.165) is 57.8 Å². The minimum atomic E-state index is -1.78. The molecule has 2 rings (SSSR count). The Kier molecular flexibility index (Phi) is 30.1. The minimum absolute atomic E-state index is 0.220. The van der Waals surface area contributed by atoms with Crippen LogP contribution in [0.4, 0.5) is 0 Å². The number of amides is 1. The second-order valence-electron chi connectivity index (χ2n) is 16.5. The Labute approximate surface area is 354 Å². The highest BCUT2D eigenvalue weighted by Crippen LogP contribution is 2.30. The maximum atomic E-state index is 13.1. The van der Waals surface area contributed by atoms with E-state index < -0.39 is 86.8 Å². The van der Waals surface area contributed by atoms with E-state index in [-0.39, 0.29) is 12.5 Å². The number of allylic oxidation sites excluding steroid dienone is 4. The molecular formula is C45H83NO13. The SMILES string of the molecule is CCCCC/C=C\C/C=C\CCCCCCCCCC(=O)NC(COC1OC(CO)C(OC2OC(CO)C(O)C(O)C2O)C(O)C1O)C(O)CCCCCCCCCC. The molecule has 9 N–H and O–H groups in total. The van der Waals surface area contributed by atoms with Crippen LogP contribution in [-0.4, -0.2) is 140 Å². The molecule has 0 aromatic rings. The van der Waals surface area contributed by atoms with Gasteiger partial charge in [-0.2, -0.15) is 0 Å². The van der Waals surface area contributed by atoms with E-state index in [0.29, 0.717) is 19.3 Å². The van der Waals surface area contributed by atoms with Crippen molar-refractivity contribution in [3.63, 3.8) is 0 Å². The van der Waals surface area contributed by atoms with Crippen molar-refractivity contribution < 1.29 is 64.6 Å². The molecule has 2 fully saturated rings. The van der Waals surface area contributed by atoms with E-state index >= 15 is 0 Å². The summed E-state index contributed by atoms with van der Waals surface area (Å²) < 4.78 is 22.6. The van der Waals surface area contributed by atoms with Crippen molar-refractivity contribution in [3.05, 3.63) is 24.3 Å². The van der Waals surface area contributed by atoms with E-state index in [1.54, 1.807) is 0 Å². The zero-order chi connectivity index (χ0) is 43.3. The van der Waals surface area contributed by atoms with E-state index in [9.17, 15) is 45.6 Å². The largest absolute Gasteiger partial charge is 0.394 e. The predicted molar refractivity (Wildman–Crippen MR) is 226 cm³/mol. The molecular weight excluding hydrogens is 762 g/mol. The summed E-state index contributed by atoms with van der Waals surface area (Å²) in [7, 11) is 0. The fourth-order valence-corrected chi connectivity index (χ4v) is 7.56. The lowest BCUT2D eigenvalue weighted by Crippen LogP contribution is -2.65. The molecule has 0 spiro atoms. The molecule has 0 bridgehead atoms. The molecule has 0 radical (unpaired) electrons. The summed E-state index contributed by atoms with van der Waals surface area (Å²) in [6.07, 6.45) is 16.3. The molecule has 14 nitrogen and oxygen atoms in total. The Bertz CT molecular complexity index is 1090. The second kappa shape index (κ2) is 33.1. The summed E-state index contributed by atoms with van der Waals surface area (Å²) in [5, 5.41) is 86.4. The molecule has 1 amide bonds. The number of rotatable bonds is 34. The van der Waals surface area contributed by atoms with Crippen molar-refractivity contribution in [1.29, 1.82) is 0 Å². The van der Waals surface area contributed by atoms with Crippen LogP contribution in [0.5, 0.6) is 0 Å². The van der Waals surface area contributed by atoms with Gasteiger partial charge in [0.2, 0.25) is 5.91 Å². The van der Waals surface area contributed by atoms with Crippen LogP contribution in [-0.2, 0) is 23.7 Å². The van der Waals surface area contributed by atoms with Crippen molar-refractivity contribution in [3.8, 4) is 0 Å². The zero-order valence-electron chi connectivity index (χ0n) is 36.2. The second-order valence-corrected chi connectivity index (χ2v) is 16.5. The van der Waals surface area contributed by atoms with Gasteiger partial charge in [0.1, 0.15) is 48.8 Å². The normalized spacial score (nSPS) is 28.7. The molecule has 0 aromatic heterocycles. The molecule has 2 heterocycles. The van der Waals surface area contributed by atoms with Gasteiger partial charge in [0, 0.05) is 6.42 Å². The van der Waals surface area contributed by atoms with Crippen LogP contribution in [0.15, 0.2) is 24.3 Å². The van der Waals surface area contributed by atoms with E-state index in [1.807, 2.05) is 0 Å². The number of aliphatic hydroxyl groups excluding tert-OH is 8. The minimum Gasteiger partial charge on any atom is -0.394 e. The maximum absolute atomic E-state index is 13.1. The summed E-state index contributed by atoms with van der Waals surface area (Å²) >= 11 is 0. The van der Waals surface area contributed by atoms with Crippen molar-refractivity contribution in [1.82, 2.24) is 5.32 Å². The maximum Gasteiger partial charge on any atom is 0.220 e. The summed E-state index contributed by atoms with van der Waals surface area (Å²) in [6.45, 7) is 2.75. The van der Waals surface area contributed by atoms with E-state index in [1.165, 1.54) is 70.6 Å². The van der Waals surface area contributed by atoms with Gasteiger partial charge in [0.05, 0.1) is 32.0 Å². The molecule has 59 heavy (non-hydrogen) atoms. The molecule has 12 atom stereocenters. The number of hydrogen-bond donors (Lipinski definition) is 9. The number of unbranched alkanes of at least 4 members (excludes halogenated alkanes) is 17. The van der Waals surface area contributed by atoms with Crippen LogP contribution in [0.25, 0.3) is 0 Å². The first-order valence-corrected chi connectivity index (χ1v) is 23.1. The molecule has 0 aliphatic carbocycles. The Morgan fingerprint density at radius 2 is 1.12 bits per heavy atom. The van der Waals surface area contributed by atoms with Crippen LogP contribution < -0.4 is 5.32 Å². The molecule has 2 aliphatic rings. The van der Waals surface area contributed by atoms with Gasteiger partial charge in [-0.15, -0.1) is 0 Å². The molecule has 0 saturated carbocycles. The van der Waals surface area contributed by atoms with Crippen LogP contribution in [0, 0.1) is 0 Å². The zero-order valence-corrected chi connectivity index (χ0v) is 36.2. The average Bonchev–Trinajstić information content (AvgIpc) is 3.23. The Hall–Kier alpha value is -1.53. The third kappa shape index (κ3) is 21.4. The molecule has 346 valence electrons. The summed E-state index contributed by atoms with van der Waals surface area (Å²) in [4.78, 5) is 13.1. The van der Waals surface area contributed by atoms with Gasteiger partial charge in [0.15, 0.2) is 12.6 Å². The van der Waals surface area contributed by atoms with Crippen molar-refractivity contribution in [2.45, 2.75) is 235 Å². The highest BCUT2D eigenvalue weighted by atomic mass is 16.7. The van der Waals surface area contributed by atoms with Gasteiger partial charge in [-0.1, -0.05) is 134 Å². The predicted octanol–water partition coefficient (Wildman–Crippen LogP) is 4.60. The molecule has 2 saturated heterocycles. The summed E-state index contributed by atoms with van der Waals surface area (Å²) in [5.41, 5.74) is 0. The summed E-state index contributed by atoms with van der Waals surface area (Å²) in [6, 6.07) is -0.827. The van der Waals surface area contributed by atoms with Crippen LogP contribution >= 0.6 is 0 Å². The molecule has 12 unspecified atom stereocenters. The van der Waals surface area contributed by atoms with Crippen molar-refractivity contribution >= 4 is 5.91 Å². The van der Waals surface area contributed by atoms with Crippen LogP contribution in [0.3, 0.4) is 0 Å². The Morgan fingerprint density at radius 1 is 0.610 bits per heavy atom. The Balaban J connectivity index is 1.84. The van der Waals surface area contributed by atoms with Gasteiger partial charge in [-0.05, 0) is 44.9 Å². The highest BCUT2D eigenvalue weighted by molar-refractivity contribution is 5.76. The fraction of sp³-hybridized carbons (Fsp3) is 0.889. The Morgan fingerprint density at radius 3 is 1.73 bits per heavy atom. The molecule has 0 aromatic carbocycles. The topological polar surface area (TPSA) is 228 Å². The third-order valence-corrected chi connectivity index (χ3v) is 11.4. The van der Waals surface area contributed by atoms with Gasteiger partial charge >= 0.3 is 0 Å². The lowest BCUT2D eigenvalue weighted by Gasteiger charge is -2.46. The number of carbonyl (C=O) groups is 1. The number of ether oxygens (including phenoxy) is 4. The van der Waals surface area contributed by atoms with Crippen molar-refractivity contribution in [2.24, 2.45) is 0 Å². The van der Waals surface area contributed by atoms with Gasteiger partial charge < -0.3 is 65.1 Å². The number of aliphatic hydroxyl groups is 8. The first-order valence-electron chi connectivity index (χ1n) is 23.1. The third-order valence-electron chi connectivity index (χ3n) is 11.4. The first-order chi connectivity index (χ1) is 28.6. The quantitative estimate of drug-likeness (QED) is 0.0319. The number of nitrogens with one attached hydrogen (secondary N) is 1. The number of carbonyl (C=O) groups excluding carboxylic acids is 1. The van der Waals surface area contributed by atoms with Crippen LogP contribution in [0.1, 0.15) is 162 Å².